The van der Waals surface area contributed by atoms with Crippen molar-refractivity contribution in [2.24, 2.45) is 0 Å². The molecule has 0 aromatic carbocycles. The van der Waals surface area contributed by atoms with Crippen LogP contribution in [0, 0.1) is 0 Å². The van der Waals surface area contributed by atoms with Gasteiger partial charge >= 0.3 is 6.03 Å². The van der Waals surface area contributed by atoms with Crippen LogP contribution in [0.4, 0.5) is 9.93 Å². The maximum Gasteiger partial charge on any atom is 0.315 e. The van der Waals surface area contributed by atoms with Gasteiger partial charge in [-0.25, -0.2) is 9.78 Å². The number of hydrogen-bond acceptors (Lipinski definition) is 5. The summed E-state index contributed by atoms with van der Waals surface area (Å²) in [4.78, 5) is 18.2. The zero-order valence-electron chi connectivity index (χ0n) is 13.4. The first kappa shape index (κ1) is 17.0. The van der Waals surface area contributed by atoms with Crippen molar-refractivity contribution in [1.82, 2.24) is 15.6 Å². The number of aromatic nitrogens is 1. The van der Waals surface area contributed by atoms with Crippen LogP contribution in [0.3, 0.4) is 0 Å². The molecule has 1 aromatic rings. The third kappa shape index (κ3) is 5.14. The zero-order valence-corrected chi connectivity index (χ0v) is 14.2. The van der Waals surface area contributed by atoms with Crippen molar-refractivity contribution in [2.45, 2.75) is 50.7 Å². The molecule has 1 fully saturated rings. The number of anilines is 1. The lowest BCUT2D eigenvalue weighted by molar-refractivity contribution is 0.0276. The molecule has 3 N–H and O–H groups in total. The molecule has 0 bridgehead atoms. The molecule has 1 aliphatic rings. The van der Waals surface area contributed by atoms with Gasteiger partial charge in [-0.3, -0.25) is 0 Å². The van der Waals surface area contributed by atoms with Crippen LogP contribution >= 0.6 is 11.3 Å². The van der Waals surface area contributed by atoms with Gasteiger partial charge < -0.3 is 20.6 Å². The highest BCUT2D eigenvalue weighted by molar-refractivity contribution is 7.13. The molecule has 0 aliphatic heterocycles. The Morgan fingerprint density at radius 1 is 1.32 bits per heavy atom. The number of carbonyl (C=O) groups is 1. The summed E-state index contributed by atoms with van der Waals surface area (Å²) in [6, 6.07) is -0.253. The fourth-order valence-corrected chi connectivity index (χ4v) is 3.38. The number of amides is 2. The maximum atomic E-state index is 11.9. The normalized spacial score (nSPS) is 17.6. The molecule has 0 unspecified atom stereocenters. The van der Waals surface area contributed by atoms with Gasteiger partial charge in [0.1, 0.15) is 0 Å². The number of hydrogen-bond donors (Lipinski definition) is 3. The number of aliphatic hydroxyl groups is 1. The Balaban J connectivity index is 1.73. The lowest BCUT2D eigenvalue weighted by atomic mass is 9.95. The zero-order chi connectivity index (χ0) is 16.0. The van der Waals surface area contributed by atoms with Crippen LogP contribution in [0.5, 0.6) is 0 Å². The van der Waals surface area contributed by atoms with E-state index in [2.05, 4.69) is 15.6 Å². The van der Waals surface area contributed by atoms with E-state index in [4.69, 9.17) is 0 Å². The van der Waals surface area contributed by atoms with E-state index in [0.29, 0.717) is 13.1 Å². The molecule has 0 atom stereocenters. The number of urea groups is 1. The van der Waals surface area contributed by atoms with E-state index < -0.39 is 5.60 Å². The first-order valence-electron chi connectivity index (χ1n) is 7.84. The predicted molar refractivity (Wildman–Crippen MR) is 89.3 cm³/mol. The summed E-state index contributed by atoms with van der Waals surface area (Å²) in [6.45, 7) is 0.716. The van der Waals surface area contributed by atoms with Crippen molar-refractivity contribution in [3.63, 3.8) is 0 Å². The van der Waals surface area contributed by atoms with Gasteiger partial charge in [0.05, 0.1) is 17.8 Å². The Labute approximate surface area is 135 Å². The highest BCUT2D eigenvalue weighted by Gasteiger charge is 2.28. The second-order valence-corrected chi connectivity index (χ2v) is 7.03. The van der Waals surface area contributed by atoms with Gasteiger partial charge in [-0.15, -0.1) is 11.3 Å². The second-order valence-electron chi connectivity index (χ2n) is 6.19. The van der Waals surface area contributed by atoms with Crippen LogP contribution in [0.2, 0.25) is 0 Å². The number of nitrogens with zero attached hydrogens (tertiary/aromatic N) is 2. The van der Waals surface area contributed by atoms with E-state index in [1.807, 2.05) is 24.4 Å². The number of nitrogens with one attached hydrogen (secondary N) is 2. The van der Waals surface area contributed by atoms with Gasteiger partial charge in [0.2, 0.25) is 0 Å². The van der Waals surface area contributed by atoms with Gasteiger partial charge in [-0.2, -0.15) is 0 Å². The quantitative estimate of drug-likeness (QED) is 0.724. The largest absolute Gasteiger partial charge is 0.388 e. The lowest BCUT2D eigenvalue weighted by Gasteiger charge is -2.26. The Morgan fingerprint density at radius 2 is 2.00 bits per heavy atom. The Hall–Kier alpha value is -1.34. The molecule has 124 valence electrons. The molecular formula is C15H26N4O2S. The molecule has 6 nitrogen and oxygen atoms in total. The van der Waals surface area contributed by atoms with Crippen molar-refractivity contribution < 1.29 is 9.90 Å². The molecule has 1 heterocycles. The van der Waals surface area contributed by atoms with Crippen LogP contribution in [0.1, 0.15) is 44.2 Å². The van der Waals surface area contributed by atoms with Crippen LogP contribution in [-0.4, -0.2) is 42.4 Å². The maximum absolute atomic E-state index is 11.9. The molecule has 0 radical (unpaired) electrons. The highest BCUT2D eigenvalue weighted by Crippen LogP contribution is 2.26. The summed E-state index contributed by atoms with van der Waals surface area (Å²) in [5, 5.41) is 18.9. The van der Waals surface area contributed by atoms with Crippen molar-refractivity contribution in [3.8, 4) is 0 Å². The van der Waals surface area contributed by atoms with Crippen LogP contribution in [0.15, 0.2) is 5.38 Å². The molecule has 2 rings (SSSR count). The van der Waals surface area contributed by atoms with Gasteiger partial charge in [-0.05, 0) is 12.8 Å². The molecule has 2 amide bonds. The van der Waals surface area contributed by atoms with Crippen LogP contribution in [-0.2, 0) is 6.54 Å². The summed E-state index contributed by atoms with van der Waals surface area (Å²) >= 11 is 1.55. The standard InChI is InChI=1S/C15H26N4O2S/c1-19(2)14-18-12(10-22-14)9-16-13(20)17-11-15(21)7-5-3-4-6-8-15/h10,21H,3-9,11H2,1-2H3,(H2,16,17,20). The van der Waals surface area contributed by atoms with Gasteiger partial charge in [0.15, 0.2) is 5.13 Å². The average molecular weight is 326 g/mol. The minimum Gasteiger partial charge on any atom is -0.388 e. The van der Waals surface area contributed by atoms with Crippen molar-refractivity contribution >= 4 is 22.5 Å². The van der Waals surface area contributed by atoms with Crippen LogP contribution < -0.4 is 15.5 Å². The molecule has 0 saturated heterocycles. The Bertz CT molecular complexity index is 482. The number of rotatable bonds is 5. The average Bonchev–Trinajstić information content (AvgIpc) is 2.86. The molecule has 22 heavy (non-hydrogen) atoms. The fourth-order valence-electron chi connectivity index (χ4n) is 2.62. The summed E-state index contributed by atoms with van der Waals surface area (Å²) in [5.74, 6) is 0. The summed E-state index contributed by atoms with van der Waals surface area (Å²) < 4.78 is 0. The van der Waals surface area contributed by atoms with Gasteiger partial charge in [0, 0.05) is 26.0 Å². The minimum atomic E-state index is -0.743. The Kier molecular flexibility index (Phi) is 6.02. The third-order valence-electron chi connectivity index (χ3n) is 3.96. The summed E-state index contributed by atoms with van der Waals surface area (Å²) in [6.07, 6.45) is 5.95. The monoisotopic (exact) mass is 326 g/mol. The van der Waals surface area contributed by atoms with E-state index in [0.717, 1.165) is 36.5 Å². The molecule has 1 aliphatic carbocycles. The fraction of sp³-hybridized carbons (Fsp3) is 0.733. The molecule has 0 spiro atoms. The molecule has 1 aromatic heterocycles. The summed E-state index contributed by atoms with van der Waals surface area (Å²) in [7, 11) is 3.88. The van der Waals surface area contributed by atoms with Crippen molar-refractivity contribution in [3.05, 3.63) is 11.1 Å². The van der Waals surface area contributed by atoms with Gasteiger partial charge in [0.25, 0.3) is 0 Å². The van der Waals surface area contributed by atoms with E-state index in [1.165, 1.54) is 12.8 Å². The molecule has 1 saturated carbocycles. The van der Waals surface area contributed by atoms with E-state index in [-0.39, 0.29) is 6.03 Å². The van der Waals surface area contributed by atoms with Crippen molar-refractivity contribution in [2.75, 3.05) is 25.5 Å². The Morgan fingerprint density at radius 3 is 2.59 bits per heavy atom. The van der Waals surface area contributed by atoms with E-state index in [1.54, 1.807) is 11.3 Å². The SMILES string of the molecule is CN(C)c1nc(CNC(=O)NCC2(O)CCCCCC2)cs1. The lowest BCUT2D eigenvalue weighted by Crippen LogP contribution is -2.46. The minimum absolute atomic E-state index is 0.253. The summed E-state index contributed by atoms with van der Waals surface area (Å²) in [5.41, 5.74) is 0.101. The van der Waals surface area contributed by atoms with E-state index >= 15 is 0 Å². The van der Waals surface area contributed by atoms with Crippen molar-refractivity contribution in [1.29, 1.82) is 0 Å². The third-order valence-corrected chi connectivity index (χ3v) is 5.02. The van der Waals surface area contributed by atoms with Crippen LogP contribution in [0.25, 0.3) is 0 Å². The first-order valence-corrected chi connectivity index (χ1v) is 8.72. The van der Waals surface area contributed by atoms with E-state index in [9.17, 15) is 9.90 Å². The highest BCUT2D eigenvalue weighted by atomic mass is 32.1. The predicted octanol–water partition coefficient (Wildman–Crippen LogP) is 2.09. The second kappa shape index (κ2) is 7.78. The first-order chi connectivity index (χ1) is 10.5. The van der Waals surface area contributed by atoms with Gasteiger partial charge in [-0.1, -0.05) is 25.7 Å². The molecule has 7 heteroatoms. The molecular weight excluding hydrogens is 300 g/mol. The number of thiazole rings is 1. The number of carbonyl (C=O) groups excluding carboxylic acids is 1. The smallest absolute Gasteiger partial charge is 0.315 e. The topological polar surface area (TPSA) is 77.5 Å².